The Bertz CT molecular complexity index is 850. The lowest BCUT2D eigenvalue weighted by atomic mass is 10.1. The molecule has 0 radical (unpaired) electrons. The molecule has 0 saturated heterocycles. The average Bonchev–Trinajstić information content (AvgIpc) is 2.58. The van der Waals surface area contributed by atoms with Gasteiger partial charge in [-0.05, 0) is 23.8 Å². The van der Waals surface area contributed by atoms with E-state index in [4.69, 9.17) is 5.11 Å². The zero-order valence-corrected chi connectivity index (χ0v) is 13.3. The number of carbonyl (C=O) groups is 2. The maximum absolute atomic E-state index is 13.9. The fraction of sp³-hybridized carbons (Fsp3) is 0.111. The topological polar surface area (TPSA) is 77.8 Å². The minimum Gasteiger partial charge on any atom is -0.502 e. The van der Waals surface area contributed by atoms with Crippen LogP contribution in [0.2, 0.25) is 0 Å². The normalized spacial score (nSPS) is 11.3. The number of amides is 1. The average molecular weight is 365 g/mol. The smallest absolute Gasteiger partial charge is 0.371 e. The molecule has 1 amide bonds. The van der Waals surface area contributed by atoms with Gasteiger partial charge in [0.25, 0.3) is 5.91 Å². The molecule has 5 nitrogen and oxygen atoms in total. The van der Waals surface area contributed by atoms with Crippen LogP contribution in [0.15, 0.2) is 54.3 Å². The van der Waals surface area contributed by atoms with Crippen molar-refractivity contribution in [1.82, 2.24) is 4.90 Å². The van der Waals surface area contributed by atoms with Gasteiger partial charge >= 0.3 is 5.97 Å². The minimum absolute atomic E-state index is 0.00919. The fourth-order valence-electron chi connectivity index (χ4n) is 2.15. The molecule has 0 bridgehead atoms. The van der Waals surface area contributed by atoms with Gasteiger partial charge in [0.05, 0.1) is 6.08 Å². The van der Waals surface area contributed by atoms with Crippen LogP contribution in [0.3, 0.4) is 0 Å². The highest BCUT2D eigenvalue weighted by Crippen LogP contribution is 2.16. The third-order valence-corrected chi connectivity index (χ3v) is 3.45. The number of carbonyl (C=O) groups excluding carboxylic acids is 1. The van der Waals surface area contributed by atoms with Crippen molar-refractivity contribution in [3.05, 3.63) is 82.9 Å². The molecular formula is C18H14F3NO4. The van der Waals surface area contributed by atoms with Gasteiger partial charge in [-0.2, -0.15) is 0 Å². The molecule has 0 fully saturated rings. The predicted octanol–water partition coefficient (Wildman–Crippen LogP) is 3.16. The van der Waals surface area contributed by atoms with E-state index < -0.39 is 35.1 Å². The summed E-state index contributed by atoms with van der Waals surface area (Å²) < 4.78 is 39.9. The van der Waals surface area contributed by atoms with Crippen LogP contribution in [-0.4, -0.2) is 27.0 Å². The zero-order valence-electron chi connectivity index (χ0n) is 13.3. The minimum atomic E-state index is -1.70. The van der Waals surface area contributed by atoms with Crippen molar-refractivity contribution in [2.45, 2.75) is 13.1 Å². The SMILES string of the molecule is O=C(O)/C(O)=C/C(=O)N(Cc1ccc(F)cc1)Cc1ccc(F)cc1F. The van der Waals surface area contributed by atoms with Gasteiger partial charge in [-0.15, -0.1) is 0 Å². The number of halogens is 3. The molecule has 26 heavy (non-hydrogen) atoms. The van der Waals surface area contributed by atoms with Crippen molar-refractivity contribution in [3.63, 3.8) is 0 Å². The van der Waals surface area contributed by atoms with Crippen molar-refractivity contribution in [1.29, 1.82) is 0 Å². The van der Waals surface area contributed by atoms with Gasteiger partial charge in [0.15, 0.2) is 0 Å². The van der Waals surface area contributed by atoms with E-state index in [1.54, 1.807) is 0 Å². The van der Waals surface area contributed by atoms with Gasteiger partial charge in [-0.1, -0.05) is 18.2 Å². The first-order valence-corrected chi connectivity index (χ1v) is 7.37. The standard InChI is InChI=1S/C18H14F3NO4/c19-13-4-1-11(2-5-13)9-22(17(24)8-16(23)18(25)26)10-12-3-6-14(20)7-15(12)21/h1-8,23H,9-10H2,(H,25,26)/b16-8-. The summed E-state index contributed by atoms with van der Waals surface area (Å²) in [6.45, 7) is -0.426. The molecule has 8 heteroatoms. The number of benzene rings is 2. The fourth-order valence-corrected chi connectivity index (χ4v) is 2.15. The molecule has 2 aromatic rings. The number of carboxylic acid groups (broad SMARTS) is 1. The maximum Gasteiger partial charge on any atom is 0.371 e. The molecule has 0 spiro atoms. The number of rotatable bonds is 6. The third kappa shape index (κ3) is 5.10. The number of nitrogens with zero attached hydrogens (tertiary/aromatic N) is 1. The van der Waals surface area contributed by atoms with E-state index in [-0.39, 0.29) is 18.7 Å². The number of hydrogen-bond acceptors (Lipinski definition) is 3. The summed E-state index contributed by atoms with van der Waals surface area (Å²) in [6.07, 6.45) is 0.479. The summed E-state index contributed by atoms with van der Waals surface area (Å²) in [5, 5.41) is 17.9. The Morgan fingerprint density at radius 3 is 2.12 bits per heavy atom. The second kappa shape index (κ2) is 8.19. The molecule has 0 aromatic heterocycles. The number of aliphatic hydroxyl groups excluding tert-OH is 1. The molecule has 0 aliphatic heterocycles. The molecule has 0 aliphatic rings. The van der Waals surface area contributed by atoms with Crippen molar-refractivity contribution in [3.8, 4) is 0 Å². The third-order valence-electron chi connectivity index (χ3n) is 3.45. The van der Waals surface area contributed by atoms with E-state index >= 15 is 0 Å². The number of carboxylic acids is 1. The first-order valence-electron chi connectivity index (χ1n) is 7.37. The van der Waals surface area contributed by atoms with E-state index in [2.05, 4.69) is 0 Å². The van der Waals surface area contributed by atoms with E-state index in [9.17, 15) is 27.9 Å². The number of aliphatic hydroxyl groups is 1. The van der Waals surface area contributed by atoms with E-state index in [0.29, 0.717) is 17.7 Å². The van der Waals surface area contributed by atoms with Crippen LogP contribution in [0.25, 0.3) is 0 Å². The van der Waals surface area contributed by atoms with E-state index in [1.165, 1.54) is 24.3 Å². The van der Waals surface area contributed by atoms with Gasteiger partial charge in [-0.3, -0.25) is 4.79 Å². The Labute approximate surface area is 146 Å². The van der Waals surface area contributed by atoms with E-state index in [0.717, 1.165) is 17.0 Å². The summed E-state index contributed by atoms with van der Waals surface area (Å²) >= 11 is 0. The van der Waals surface area contributed by atoms with Gasteiger partial charge < -0.3 is 15.1 Å². The van der Waals surface area contributed by atoms with Crippen LogP contribution in [-0.2, 0) is 22.7 Å². The quantitative estimate of drug-likeness (QED) is 0.609. The van der Waals surface area contributed by atoms with Gasteiger partial charge in [0, 0.05) is 24.7 Å². The van der Waals surface area contributed by atoms with Crippen molar-refractivity contribution >= 4 is 11.9 Å². The number of hydrogen-bond donors (Lipinski definition) is 2. The highest BCUT2D eigenvalue weighted by Gasteiger charge is 2.18. The monoisotopic (exact) mass is 365 g/mol. The first kappa shape index (κ1) is 19.0. The molecule has 0 heterocycles. The largest absolute Gasteiger partial charge is 0.502 e. The highest BCUT2D eigenvalue weighted by molar-refractivity contribution is 5.96. The Balaban J connectivity index is 2.30. The van der Waals surface area contributed by atoms with Crippen molar-refractivity contribution in [2.75, 3.05) is 0 Å². The summed E-state index contributed by atoms with van der Waals surface area (Å²) in [7, 11) is 0. The van der Waals surface area contributed by atoms with Crippen LogP contribution in [0.1, 0.15) is 11.1 Å². The number of aliphatic carboxylic acids is 1. The predicted molar refractivity (Wildman–Crippen MR) is 85.4 cm³/mol. The first-order chi connectivity index (χ1) is 12.3. The Hall–Kier alpha value is -3.29. The molecule has 0 aliphatic carbocycles. The molecule has 2 N–H and O–H groups in total. The van der Waals surface area contributed by atoms with Crippen LogP contribution in [0, 0.1) is 17.5 Å². The van der Waals surface area contributed by atoms with Crippen LogP contribution < -0.4 is 0 Å². The lowest BCUT2D eigenvalue weighted by Crippen LogP contribution is -2.29. The summed E-state index contributed by atoms with van der Waals surface area (Å²) in [6, 6.07) is 7.96. The van der Waals surface area contributed by atoms with Crippen LogP contribution in [0.5, 0.6) is 0 Å². The second-order valence-corrected chi connectivity index (χ2v) is 5.39. The van der Waals surface area contributed by atoms with Crippen molar-refractivity contribution in [2.24, 2.45) is 0 Å². The molecule has 0 unspecified atom stereocenters. The molecule has 136 valence electrons. The molecule has 2 rings (SSSR count). The van der Waals surface area contributed by atoms with Gasteiger partial charge in [0.2, 0.25) is 5.76 Å². The summed E-state index contributed by atoms with van der Waals surface area (Å²) in [5.41, 5.74) is 0.482. The lowest BCUT2D eigenvalue weighted by molar-refractivity contribution is -0.136. The Kier molecular flexibility index (Phi) is 6.00. The van der Waals surface area contributed by atoms with Gasteiger partial charge in [-0.25, -0.2) is 18.0 Å². The maximum atomic E-state index is 13.9. The summed E-state index contributed by atoms with van der Waals surface area (Å²) in [4.78, 5) is 24.0. The second-order valence-electron chi connectivity index (χ2n) is 5.39. The molecular weight excluding hydrogens is 351 g/mol. The summed E-state index contributed by atoms with van der Waals surface area (Å²) in [5.74, 6) is -5.94. The Morgan fingerprint density at radius 2 is 1.54 bits per heavy atom. The lowest BCUT2D eigenvalue weighted by Gasteiger charge is -2.22. The molecule has 2 aromatic carbocycles. The van der Waals surface area contributed by atoms with Gasteiger partial charge in [0.1, 0.15) is 17.5 Å². The van der Waals surface area contributed by atoms with Crippen LogP contribution >= 0.6 is 0 Å². The molecule has 0 saturated carbocycles. The highest BCUT2D eigenvalue weighted by atomic mass is 19.1. The molecule has 0 atom stereocenters. The zero-order chi connectivity index (χ0) is 19.3. The van der Waals surface area contributed by atoms with Crippen molar-refractivity contribution < 1.29 is 33.0 Å². The van der Waals surface area contributed by atoms with Crippen LogP contribution in [0.4, 0.5) is 13.2 Å². The van der Waals surface area contributed by atoms with E-state index in [1.807, 2.05) is 0 Å². The Morgan fingerprint density at radius 1 is 0.923 bits per heavy atom.